The van der Waals surface area contributed by atoms with Crippen LogP contribution in [0.5, 0.6) is 0 Å². The van der Waals surface area contributed by atoms with Gasteiger partial charge in [-0.25, -0.2) is 8.78 Å². The second-order valence-electron chi connectivity index (χ2n) is 4.64. The van der Waals surface area contributed by atoms with Gasteiger partial charge in [0.05, 0.1) is 11.4 Å². The van der Waals surface area contributed by atoms with Gasteiger partial charge in [-0.05, 0) is 12.1 Å². The molecule has 1 aromatic carbocycles. The molecule has 0 spiro atoms. The number of halogens is 2. The molecule has 1 heterocycles. The molecule has 0 saturated carbocycles. The lowest BCUT2D eigenvalue weighted by molar-refractivity contribution is -0.133. The lowest BCUT2D eigenvalue weighted by Gasteiger charge is -2.12. The Hall–Kier alpha value is -1.96. The van der Waals surface area contributed by atoms with Crippen molar-refractivity contribution >= 4 is 17.7 Å². The second-order valence-corrected chi connectivity index (χ2v) is 5.58. The third-order valence-electron chi connectivity index (χ3n) is 2.61. The van der Waals surface area contributed by atoms with Gasteiger partial charge < -0.3 is 5.11 Å². The van der Waals surface area contributed by atoms with E-state index in [1.807, 2.05) is 13.8 Å². The van der Waals surface area contributed by atoms with E-state index in [0.717, 1.165) is 30.0 Å². The van der Waals surface area contributed by atoms with Crippen molar-refractivity contribution in [1.82, 2.24) is 14.8 Å². The summed E-state index contributed by atoms with van der Waals surface area (Å²) in [5.41, 5.74) is 0.231. The Morgan fingerprint density at radius 2 is 1.90 bits per heavy atom. The van der Waals surface area contributed by atoms with Crippen molar-refractivity contribution in [1.29, 1.82) is 0 Å². The number of carboxylic acid groups (broad SMARTS) is 1. The molecule has 21 heavy (non-hydrogen) atoms. The van der Waals surface area contributed by atoms with Crippen LogP contribution in [-0.2, 0) is 4.79 Å². The maximum atomic E-state index is 13.4. The molecule has 0 atom stereocenters. The molecule has 1 N–H and O–H groups in total. The van der Waals surface area contributed by atoms with E-state index in [2.05, 4.69) is 10.2 Å². The van der Waals surface area contributed by atoms with E-state index in [1.165, 1.54) is 4.57 Å². The third-order valence-corrected chi connectivity index (χ3v) is 3.52. The van der Waals surface area contributed by atoms with Gasteiger partial charge in [-0.2, -0.15) is 0 Å². The molecular formula is C13H13F2N3O2S. The summed E-state index contributed by atoms with van der Waals surface area (Å²) >= 11 is 0.945. The normalized spacial score (nSPS) is 11.1. The summed E-state index contributed by atoms with van der Waals surface area (Å²) < 4.78 is 28.3. The van der Waals surface area contributed by atoms with Crippen molar-refractivity contribution in [3.8, 4) is 5.69 Å². The average molecular weight is 313 g/mol. The quantitative estimate of drug-likeness (QED) is 0.860. The SMILES string of the molecule is CC(C)c1nnc(SCC(=O)O)n1-c1cc(F)cc(F)c1. The first-order valence-electron chi connectivity index (χ1n) is 6.15. The minimum absolute atomic E-state index is 0.0389. The fraction of sp³-hybridized carbons (Fsp3) is 0.308. The molecule has 0 aliphatic carbocycles. The Kier molecular flexibility index (Phi) is 4.56. The number of rotatable bonds is 5. The largest absolute Gasteiger partial charge is 0.481 e. The van der Waals surface area contributed by atoms with E-state index < -0.39 is 17.6 Å². The molecule has 5 nitrogen and oxygen atoms in total. The molecule has 0 saturated heterocycles. The van der Waals surface area contributed by atoms with Crippen molar-refractivity contribution in [3.05, 3.63) is 35.7 Å². The number of hydrogen-bond donors (Lipinski definition) is 1. The zero-order valence-electron chi connectivity index (χ0n) is 11.4. The van der Waals surface area contributed by atoms with Crippen LogP contribution in [0.2, 0.25) is 0 Å². The van der Waals surface area contributed by atoms with Crippen LogP contribution < -0.4 is 0 Å². The molecule has 0 aliphatic heterocycles. The number of benzene rings is 1. The molecule has 0 radical (unpaired) electrons. The molecule has 1 aromatic heterocycles. The standard InChI is InChI=1S/C13H13F2N3O2S/c1-7(2)12-16-17-13(21-6-11(19)20)18(12)10-4-8(14)3-9(15)5-10/h3-5,7H,6H2,1-2H3,(H,19,20). The summed E-state index contributed by atoms with van der Waals surface area (Å²) in [7, 11) is 0. The maximum absolute atomic E-state index is 13.4. The molecule has 8 heteroatoms. The molecule has 2 rings (SSSR count). The van der Waals surface area contributed by atoms with Crippen LogP contribution in [0.25, 0.3) is 5.69 Å². The van der Waals surface area contributed by atoms with Gasteiger partial charge in [0.25, 0.3) is 0 Å². The zero-order chi connectivity index (χ0) is 15.6. The Bertz CT molecular complexity index is 653. The van der Waals surface area contributed by atoms with E-state index in [4.69, 9.17) is 5.11 Å². The van der Waals surface area contributed by atoms with Crippen LogP contribution in [0.1, 0.15) is 25.6 Å². The first-order chi connectivity index (χ1) is 9.88. The monoisotopic (exact) mass is 313 g/mol. The molecule has 0 amide bonds. The Labute approximate surface area is 124 Å². The highest BCUT2D eigenvalue weighted by Crippen LogP contribution is 2.26. The van der Waals surface area contributed by atoms with Crippen molar-refractivity contribution in [2.45, 2.75) is 24.9 Å². The molecule has 0 aliphatic rings. The lowest BCUT2D eigenvalue weighted by atomic mass is 10.2. The molecule has 0 bridgehead atoms. The first-order valence-corrected chi connectivity index (χ1v) is 7.13. The van der Waals surface area contributed by atoms with Crippen molar-refractivity contribution in [2.75, 3.05) is 5.75 Å². The molecule has 0 fully saturated rings. The van der Waals surface area contributed by atoms with Gasteiger partial charge in [-0.3, -0.25) is 9.36 Å². The Balaban J connectivity index is 2.52. The van der Waals surface area contributed by atoms with Gasteiger partial charge in [-0.15, -0.1) is 10.2 Å². The number of nitrogens with zero attached hydrogens (tertiary/aromatic N) is 3. The second kappa shape index (κ2) is 6.21. The topological polar surface area (TPSA) is 68.0 Å². The van der Waals surface area contributed by atoms with Crippen molar-refractivity contribution < 1.29 is 18.7 Å². The summed E-state index contributed by atoms with van der Waals surface area (Å²) in [6.07, 6.45) is 0. The fourth-order valence-corrected chi connectivity index (χ4v) is 2.47. The first kappa shape index (κ1) is 15.4. The van der Waals surface area contributed by atoms with Gasteiger partial charge in [-0.1, -0.05) is 25.6 Å². The summed E-state index contributed by atoms with van der Waals surface area (Å²) in [6, 6.07) is 3.08. The van der Waals surface area contributed by atoms with E-state index in [0.29, 0.717) is 5.82 Å². The lowest BCUT2D eigenvalue weighted by Crippen LogP contribution is -2.07. The van der Waals surface area contributed by atoms with Crippen molar-refractivity contribution in [3.63, 3.8) is 0 Å². The summed E-state index contributed by atoms with van der Waals surface area (Å²) in [4.78, 5) is 10.7. The highest BCUT2D eigenvalue weighted by Gasteiger charge is 2.18. The minimum Gasteiger partial charge on any atom is -0.481 e. The highest BCUT2D eigenvalue weighted by molar-refractivity contribution is 7.99. The van der Waals surface area contributed by atoms with Crippen molar-refractivity contribution in [2.24, 2.45) is 0 Å². The van der Waals surface area contributed by atoms with Gasteiger partial charge in [0, 0.05) is 12.0 Å². The van der Waals surface area contributed by atoms with Gasteiger partial charge >= 0.3 is 5.97 Å². The van der Waals surface area contributed by atoms with E-state index >= 15 is 0 Å². The third kappa shape index (κ3) is 3.57. The molecule has 112 valence electrons. The number of carboxylic acids is 1. The van der Waals surface area contributed by atoms with E-state index in [9.17, 15) is 13.6 Å². The number of hydrogen-bond acceptors (Lipinski definition) is 4. The molecular weight excluding hydrogens is 300 g/mol. The number of aromatic nitrogens is 3. The predicted octanol–water partition coefficient (Wildman–Crippen LogP) is 2.85. The van der Waals surface area contributed by atoms with Crippen LogP contribution >= 0.6 is 11.8 Å². The maximum Gasteiger partial charge on any atom is 0.313 e. The smallest absolute Gasteiger partial charge is 0.313 e. The Morgan fingerprint density at radius 1 is 1.29 bits per heavy atom. The molecule has 0 unspecified atom stereocenters. The Morgan fingerprint density at radius 3 is 2.43 bits per heavy atom. The summed E-state index contributed by atoms with van der Waals surface area (Å²) in [6.45, 7) is 3.73. The minimum atomic E-state index is -1.01. The number of carbonyl (C=O) groups is 1. The van der Waals surface area contributed by atoms with Gasteiger partial charge in [0.2, 0.25) is 0 Å². The highest BCUT2D eigenvalue weighted by atomic mass is 32.2. The zero-order valence-corrected chi connectivity index (χ0v) is 12.2. The van der Waals surface area contributed by atoms with Crippen LogP contribution in [-0.4, -0.2) is 31.6 Å². The van der Waals surface area contributed by atoms with Crippen LogP contribution in [0.15, 0.2) is 23.4 Å². The van der Waals surface area contributed by atoms with E-state index in [-0.39, 0.29) is 22.5 Å². The number of aliphatic carboxylic acids is 1. The van der Waals surface area contributed by atoms with Gasteiger partial charge in [0.1, 0.15) is 17.5 Å². The average Bonchev–Trinajstić information content (AvgIpc) is 2.78. The molecule has 2 aromatic rings. The number of thioether (sulfide) groups is 1. The van der Waals surface area contributed by atoms with Crippen LogP contribution in [0, 0.1) is 11.6 Å². The summed E-state index contributed by atoms with van der Waals surface area (Å²) in [5.74, 6) is -2.19. The fourth-order valence-electron chi connectivity index (χ4n) is 1.79. The van der Waals surface area contributed by atoms with Crippen LogP contribution in [0.3, 0.4) is 0 Å². The predicted molar refractivity (Wildman–Crippen MR) is 73.7 cm³/mol. The van der Waals surface area contributed by atoms with E-state index in [1.54, 1.807) is 0 Å². The summed E-state index contributed by atoms with van der Waals surface area (Å²) in [5, 5.41) is 16.9. The van der Waals surface area contributed by atoms with Gasteiger partial charge in [0.15, 0.2) is 5.16 Å². The van der Waals surface area contributed by atoms with Crippen LogP contribution in [0.4, 0.5) is 8.78 Å².